The van der Waals surface area contributed by atoms with Gasteiger partial charge in [0.15, 0.2) is 0 Å². The predicted octanol–water partition coefficient (Wildman–Crippen LogP) is 2.06. The van der Waals surface area contributed by atoms with E-state index in [1.165, 1.54) is 5.56 Å². The van der Waals surface area contributed by atoms with Gasteiger partial charge >= 0.3 is 12.0 Å². The maximum absolute atomic E-state index is 12.9. The molecule has 3 rings (SSSR count). The Morgan fingerprint density at radius 3 is 2.59 bits per heavy atom. The molecule has 2 aliphatic rings. The van der Waals surface area contributed by atoms with E-state index in [-0.39, 0.29) is 12.0 Å². The molecule has 0 aromatic heterocycles. The molecule has 2 aliphatic heterocycles. The molecule has 0 bridgehead atoms. The van der Waals surface area contributed by atoms with E-state index >= 15 is 0 Å². The van der Waals surface area contributed by atoms with Gasteiger partial charge in [0.2, 0.25) is 0 Å². The second-order valence-electron chi connectivity index (χ2n) is 7.67. The van der Waals surface area contributed by atoms with Crippen LogP contribution in [0.2, 0.25) is 0 Å². The van der Waals surface area contributed by atoms with Gasteiger partial charge in [-0.05, 0) is 51.0 Å². The topological polar surface area (TPSA) is 73.9 Å². The minimum Gasteiger partial charge on any atom is -0.463 e. The maximum Gasteiger partial charge on any atom is 0.338 e. The summed E-state index contributed by atoms with van der Waals surface area (Å²) in [4.78, 5) is 29.9. The van der Waals surface area contributed by atoms with Gasteiger partial charge in [-0.1, -0.05) is 31.2 Å². The Labute approximate surface area is 173 Å². The van der Waals surface area contributed by atoms with Gasteiger partial charge < -0.3 is 20.3 Å². The number of ether oxygens (including phenoxy) is 1. The molecule has 0 saturated carbocycles. The van der Waals surface area contributed by atoms with Crippen molar-refractivity contribution in [1.29, 1.82) is 0 Å². The van der Waals surface area contributed by atoms with Crippen LogP contribution < -0.4 is 10.6 Å². The van der Waals surface area contributed by atoms with E-state index in [0.29, 0.717) is 24.4 Å². The summed E-state index contributed by atoms with van der Waals surface area (Å²) in [5.74, 6) is -0.383. The summed E-state index contributed by atoms with van der Waals surface area (Å²) in [7, 11) is 2.12. The smallest absolute Gasteiger partial charge is 0.338 e. The number of likely N-dealkylation sites (N-methyl/N-ethyl adjacent to an activating group) is 1. The van der Waals surface area contributed by atoms with Crippen molar-refractivity contribution in [3.8, 4) is 0 Å². The van der Waals surface area contributed by atoms with Gasteiger partial charge in [0.25, 0.3) is 0 Å². The molecule has 1 atom stereocenters. The third-order valence-electron chi connectivity index (χ3n) is 5.56. The molecule has 2 N–H and O–H groups in total. The number of carbonyl (C=O) groups is 2. The number of hydrogen-bond acceptors (Lipinski definition) is 5. The largest absolute Gasteiger partial charge is 0.463 e. The second kappa shape index (κ2) is 9.89. The molecule has 7 nitrogen and oxygen atoms in total. The molecule has 29 heavy (non-hydrogen) atoms. The van der Waals surface area contributed by atoms with Crippen LogP contribution in [0.25, 0.3) is 0 Å². The lowest BCUT2D eigenvalue weighted by Gasteiger charge is -2.32. The highest BCUT2D eigenvalue weighted by Gasteiger charge is 2.34. The van der Waals surface area contributed by atoms with E-state index in [2.05, 4.69) is 34.4 Å². The van der Waals surface area contributed by atoms with Crippen LogP contribution in [0.1, 0.15) is 37.4 Å². The standard InChI is InChI=1S/C22H32N4O3/c1-4-16-7-9-17(10-8-16)20-19(21(27)29-5-2)18(23-22(28)24-20)15-26-12-6-11-25(3)13-14-26/h7-10,20H,4-6,11-15H2,1-3H3,(H2,23,24,28). The van der Waals surface area contributed by atoms with Gasteiger partial charge in [-0.3, -0.25) is 4.90 Å². The van der Waals surface area contributed by atoms with Crippen molar-refractivity contribution in [3.05, 3.63) is 46.7 Å². The van der Waals surface area contributed by atoms with Crippen LogP contribution in [0.5, 0.6) is 0 Å². The number of urea groups is 1. The lowest BCUT2D eigenvalue weighted by molar-refractivity contribution is -0.139. The van der Waals surface area contributed by atoms with Gasteiger partial charge in [0.05, 0.1) is 18.2 Å². The van der Waals surface area contributed by atoms with E-state index < -0.39 is 6.04 Å². The summed E-state index contributed by atoms with van der Waals surface area (Å²) in [6.07, 6.45) is 2.00. The number of amides is 2. The van der Waals surface area contributed by atoms with Gasteiger partial charge in [-0.25, -0.2) is 9.59 Å². The number of aryl methyl sites for hydroxylation is 1. The van der Waals surface area contributed by atoms with E-state index in [4.69, 9.17) is 4.74 Å². The van der Waals surface area contributed by atoms with Crippen molar-refractivity contribution < 1.29 is 14.3 Å². The first kappa shape index (κ1) is 21.3. The van der Waals surface area contributed by atoms with Crippen LogP contribution in [0.15, 0.2) is 35.5 Å². The molecule has 1 fully saturated rings. The van der Waals surface area contributed by atoms with Gasteiger partial charge in [0, 0.05) is 25.3 Å². The van der Waals surface area contributed by atoms with Crippen LogP contribution >= 0.6 is 0 Å². The van der Waals surface area contributed by atoms with Crippen molar-refractivity contribution in [1.82, 2.24) is 20.4 Å². The van der Waals surface area contributed by atoms with Crippen LogP contribution in [0, 0.1) is 0 Å². The molecule has 1 aromatic carbocycles. The van der Waals surface area contributed by atoms with Crippen molar-refractivity contribution in [2.45, 2.75) is 32.7 Å². The normalized spacial score (nSPS) is 21.3. The molecular weight excluding hydrogens is 368 g/mol. The molecule has 0 aliphatic carbocycles. The Morgan fingerprint density at radius 1 is 1.14 bits per heavy atom. The highest BCUT2D eigenvalue weighted by Crippen LogP contribution is 2.28. The summed E-state index contributed by atoms with van der Waals surface area (Å²) in [6, 6.07) is 7.23. The average molecular weight is 401 g/mol. The van der Waals surface area contributed by atoms with Crippen molar-refractivity contribution >= 4 is 12.0 Å². The molecule has 7 heteroatoms. The first-order chi connectivity index (χ1) is 14.0. The fourth-order valence-corrected chi connectivity index (χ4v) is 3.87. The Kier molecular flexibility index (Phi) is 7.28. The predicted molar refractivity (Wildman–Crippen MR) is 112 cm³/mol. The molecule has 0 radical (unpaired) electrons. The number of benzene rings is 1. The van der Waals surface area contributed by atoms with Crippen LogP contribution in [-0.4, -0.2) is 68.2 Å². The fourth-order valence-electron chi connectivity index (χ4n) is 3.87. The Bertz CT molecular complexity index is 760. The van der Waals surface area contributed by atoms with E-state index in [1.807, 2.05) is 24.3 Å². The van der Waals surface area contributed by atoms with Crippen molar-refractivity contribution in [2.24, 2.45) is 0 Å². The average Bonchev–Trinajstić information content (AvgIpc) is 2.92. The van der Waals surface area contributed by atoms with E-state index in [1.54, 1.807) is 6.92 Å². The minimum absolute atomic E-state index is 0.287. The number of rotatable bonds is 6. The summed E-state index contributed by atoms with van der Waals surface area (Å²) in [5.41, 5.74) is 3.23. The zero-order chi connectivity index (χ0) is 20.8. The third kappa shape index (κ3) is 5.36. The molecular formula is C22H32N4O3. The van der Waals surface area contributed by atoms with Crippen LogP contribution in [-0.2, 0) is 16.0 Å². The van der Waals surface area contributed by atoms with Gasteiger partial charge in [0.1, 0.15) is 0 Å². The zero-order valence-electron chi connectivity index (χ0n) is 17.7. The number of esters is 1. The molecule has 1 saturated heterocycles. The summed E-state index contributed by atoms with van der Waals surface area (Å²) >= 11 is 0. The SMILES string of the molecule is CCOC(=O)C1=C(CN2CCCN(C)CC2)NC(=O)NC1c1ccc(CC)cc1. The van der Waals surface area contributed by atoms with Gasteiger partial charge in [-0.15, -0.1) is 0 Å². The Hall–Kier alpha value is -2.38. The summed E-state index contributed by atoms with van der Waals surface area (Å²) in [6.45, 7) is 8.57. The highest BCUT2D eigenvalue weighted by atomic mass is 16.5. The highest BCUT2D eigenvalue weighted by molar-refractivity contribution is 5.95. The first-order valence-electron chi connectivity index (χ1n) is 10.5. The Balaban J connectivity index is 1.93. The summed E-state index contributed by atoms with van der Waals surface area (Å²) in [5, 5.41) is 5.79. The zero-order valence-corrected chi connectivity index (χ0v) is 17.7. The lowest BCUT2D eigenvalue weighted by Crippen LogP contribution is -2.48. The first-order valence-corrected chi connectivity index (χ1v) is 10.5. The number of hydrogen-bond donors (Lipinski definition) is 2. The third-order valence-corrected chi connectivity index (χ3v) is 5.56. The molecule has 1 aromatic rings. The fraction of sp³-hybridized carbons (Fsp3) is 0.545. The molecule has 0 spiro atoms. The van der Waals surface area contributed by atoms with Crippen molar-refractivity contribution in [3.63, 3.8) is 0 Å². The minimum atomic E-state index is -0.515. The number of carbonyl (C=O) groups excluding carboxylic acids is 2. The molecule has 2 amide bonds. The van der Waals surface area contributed by atoms with Crippen LogP contribution in [0.4, 0.5) is 4.79 Å². The second-order valence-corrected chi connectivity index (χ2v) is 7.67. The van der Waals surface area contributed by atoms with E-state index in [9.17, 15) is 9.59 Å². The number of nitrogens with one attached hydrogen (secondary N) is 2. The Morgan fingerprint density at radius 2 is 1.90 bits per heavy atom. The molecule has 158 valence electrons. The van der Waals surface area contributed by atoms with Crippen LogP contribution in [0.3, 0.4) is 0 Å². The van der Waals surface area contributed by atoms with Gasteiger partial charge in [-0.2, -0.15) is 0 Å². The molecule has 1 unspecified atom stereocenters. The quantitative estimate of drug-likeness (QED) is 0.715. The van der Waals surface area contributed by atoms with Crippen molar-refractivity contribution in [2.75, 3.05) is 46.4 Å². The number of nitrogens with zero attached hydrogens (tertiary/aromatic N) is 2. The lowest BCUT2D eigenvalue weighted by atomic mass is 9.94. The molecule has 2 heterocycles. The monoisotopic (exact) mass is 400 g/mol. The summed E-state index contributed by atoms with van der Waals surface area (Å²) < 4.78 is 5.36. The maximum atomic E-state index is 12.9. The van der Waals surface area contributed by atoms with E-state index in [0.717, 1.165) is 44.6 Å².